The van der Waals surface area contributed by atoms with Gasteiger partial charge in [-0.3, -0.25) is 0 Å². The maximum absolute atomic E-state index is 11.6. The molecule has 0 spiro atoms. The van der Waals surface area contributed by atoms with Crippen LogP contribution in [0.5, 0.6) is 0 Å². The van der Waals surface area contributed by atoms with Gasteiger partial charge in [0, 0.05) is 19.6 Å². The number of hydrogen-bond donors (Lipinski definition) is 2. The molecule has 0 unspecified atom stereocenters. The first-order valence-electron chi connectivity index (χ1n) is 7.05. The van der Waals surface area contributed by atoms with Crippen LogP contribution < -0.4 is 10.8 Å². The number of hydrogen-bond acceptors (Lipinski definition) is 3. The summed E-state index contributed by atoms with van der Waals surface area (Å²) in [6.07, 6.45) is 7.57. The second kappa shape index (κ2) is 6.38. The third-order valence-corrected chi connectivity index (χ3v) is 4.21. The summed E-state index contributed by atoms with van der Waals surface area (Å²) in [7, 11) is 0. The van der Waals surface area contributed by atoms with Crippen LogP contribution in [0.3, 0.4) is 0 Å². The molecule has 2 fully saturated rings. The molecule has 1 aliphatic carbocycles. The van der Waals surface area contributed by atoms with Gasteiger partial charge < -0.3 is 10.1 Å². The van der Waals surface area contributed by atoms with Crippen molar-refractivity contribution in [2.45, 2.75) is 58.2 Å². The molecule has 1 saturated carbocycles. The Morgan fingerprint density at radius 3 is 2.78 bits per heavy atom. The quantitative estimate of drug-likeness (QED) is 0.742. The van der Waals surface area contributed by atoms with E-state index in [9.17, 15) is 4.79 Å². The van der Waals surface area contributed by atoms with Crippen molar-refractivity contribution >= 4 is 6.03 Å². The van der Waals surface area contributed by atoms with Crippen molar-refractivity contribution in [1.82, 2.24) is 10.8 Å². The summed E-state index contributed by atoms with van der Waals surface area (Å²) in [5, 5.41) is 2.89. The number of amides is 2. The van der Waals surface area contributed by atoms with Crippen LogP contribution in [0.1, 0.15) is 51.9 Å². The standard InChI is InChI=1S/C13H24N2O3/c1-2-13(7-5-8-13)10-14-12(16)15-18-11-6-3-4-9-17-11/h11H,2-10H2,1H3,(H2,14,15,16)/t11-/m1/s1. The van der Waals surface area contributed by atoms with Crippen LogP contribution in [0.15, 0.2) is 0 Å². The Morgan fingerprint density at radius 1 is 1.39 bits per heavy atom. The van der Waals surface area contributed by atoms with Crippen LogP contribution in [0.2, 0.25) is 0 Å². The number of carbonyl (C=O) groups excluding carboxylic acids is 1. The highest BCUT2D eigenvalue weighted by atomic mass is 16.8. The molecule has 0 aromatic rings. The number of hydroxylamine groups is 1. The Kier molecular flexibility index (Phi) is 4.83. The Labute approximate surface area is 109 Å². The molecule has 0 aromatic heterocycles. The summed E-state index contributed by atoms with van der Waals surface area (Å²) in [5.74, 6) is 0. The van der Waals surface area contributed by atoms with E-state index in [0.717, 1.165) is 32.2 Å². The lowest BCUT2D eigenvalue weighted by Gasteiger charge is -2.41. The van der Waals surface area contributed by atoms with E-state index < -0.39 is 0 Å². The van der Waals surface area contributed by atoms with Crippen molar-refractivity contribution in [1.29, 1.82) is 0 Å². The van der Waals surface area contributed by atoms with E-state index in [1.165, 1.54) is 19.3 Å². The van der Waals surface area contributed by atoms with Crippen LogP contribution in [-0.4, -0.2) is 25.5 Å². The third kappa shape index (κ3) is 3.59. The van der Waals surface area contributed by atoms with E-state index >= 15 is 0 Å². The molecule has 5 heteroatoms. The maximum atomic E-state index is 11.6. The maximum Gasteiger partial charge on any atom is 0.338 e. The molecule has 1 atom stereocenters. The summed E-state index contributed by atoms with van der Waals surface area (Å²) in [5.41, 5.74) is 2.75. The lowest BCUT2D eigenvalue weighted by molar-refractivity contribution is -0.186. The lowest BCUT2D eigenvalue weighted by atomic mass is 9.67. The second-order valence-electron chi connectivity index (χ2n) is 5.41. The smallest absolute Gasteiger partial charge is 0.338 e. The normalized spacial score (nSPS) is 26.2. The first-order valence-corrected chi connectivity index (χ1v) is 7.05. The van der Waals surface area contributed by atoms with E-state index in [2.05, 4.69) is 17.7 Å². The number of nitrogens with one attached hydrogen (secondary N) is 2. The fourth-order valence-electron chi connectivity index (χ4n) is 2.56. The predicted octanol–water partition coefficient (Wildman–Crippen LogP) is 2.32. The molecule has 1 heterocycles. The zero-order chi connectivity index (χ0) is 12.8. The highest BCUT2D eigenvalue weighted by Gasteiger charge is 2.35. The van der Waals surface area contributed by atoms with Gasteiger partial charge in [-0.25, -0.2) is 15.1 Å². The van der Waals surface area contributed by atoms with Gasteiger partial charge in [0.15, 0.2) is 6.29 Å². The van der Waals surface area contributed by atoms with Gasteiger partial charge in [-0.05, 0) is 37.5 Å². The van der Waals surface area contributed by atoms with E-state index in [-0.39, 0.29) is 12.3 Å². The largest absolute Gasteiger partial charge is 0.350 e. The molecule has 0 aromatic carbocycles. The fraction of sp³-hybridized carbons (Fsp3) is 0.923. The van der Waals surface area contributed by atoms with Gasteiger partial charge in [-0.15, -0.1) is 0 Å². The number of rotatable bonds is 5. The number of carbonyl (C=O) groups is 1. The molecule has 1 saturated heterocycles. The first kappa shape index (κ1) is 13.6. The van der Waals surface area contributed by atoms with Gasteiger partial charge in [-0.1, -0.05) is 13.3 Å². The minimum absolute atomic E-state index is 0.260. The summed E-state index contributed by atoms with van der Waals surface area (Å²) in [4.78, 5) is 16.8. The topological polar surface area (TPSA) is 59.6 Å². The van der Waals surface area contributed by atoms with E-state index in [1.807, 2.05) is 0 Å². The predicted molar refractivity (Wildman–Crippen MR) is 67.8 cm³/mol. The molecular weight excluding hydrogens is 232 g/mol. The molecule has 0 bridgehead atoms. The van der Waals surface area contributed by atoms with E-state index in [0.29, 0.717) is 12.0 Å². The molecule has 0 radical (unpaired) electrons. The molecule has 5 nitrogen and oxygen atoms in total. The summed E-state index contributed by atoms with van der Waals surface area (Å²) in [6, 6.07) is -0.260. The van der Waals surface area contributed by atoms with Gasteiger partial charge >= 0.3 is 6.03 Å². The molecule has 104 valence electrons. The molecule has 1 aliphatic heterocycles. The molecule has 2 rings (SSSR count). The fourth-order valence-corrected chi connectivity index (χ4v) is 2.56. The molecule has 2 aliphatic rings. The Bertz CT molecular complexity index is 268. The molecule has 2 amide bonds. The van der Waals surface area contributed by atoms with Gasteiger partial charge in [-0.2, -0.15) is 0 Å². The highest BCUT2D eigenvalue weighted by molar-refractivity contribution is 5.72. The van der Waals surface area contributed by atoms with Gasteiger partial charge in [0.1, 0.15) is 0 Å². The van der Waals surface area contributed by atoms with Gasteiger partial charge in [0.05, 0.1) is 0 Å². The van der Waals surface area contributed by atoms with Crippen LogP contribution in [0, 0.1) is 5.41 Å². The Balaban J connectivity index is 1.59. The Hall–Kier alpha value is -0.810. The van der Waals surface area contributed by atoms with Crippen molar-refractivity contribution < 1.29 is 14.4 Å². The van der Waals surface area contributed by atoms with Crippen LogP contribution >= 0.6 is 0 Å². The Morgan fingerprint density at radius 2 is 2.22 bits per heavy atom. The van der Waals surface area contributed by atoms with Crippen molar-refractivity contribution in [2.75, 3.05) is 13.2 Å². The molecule has 2 N–H and O–H groups in total. The molecular formula is C13H24N2O3. The SMILES string of the molecule is CCC1(CNC(=O)NO[C@@H]2CCCCO2)CCC1. The summed E-state index contributed by atoms with van der Waals surface area (Å²) in [6.45, 7) is 3.64. The monoisotopic (exact) mass is 256 g/mol. The van der Waals surface area contributed by atoms with Crippen molar-refractivity contribution in [3.05, 3.63) is 0 Å². The van der Waals surface area contributed by atoms with Crippen molar-refractivity contribution in [3.63, 3.8) is 0 Å². The van der Waals surface area contributed by atoms with Crippen LogP contribution in [-0.2, 0) is 9.57 Å². The van der Waals surface area contributed by atoms with Crippen LogP contribution in [0.4, 0.5) is 4.79 Å². The molecule has 18 heavy (non-hydrogen) atoms. The van der Waals surface area contributed by atoms with Gasteiger partial charge in [0.25, 0.3) is 0 Å². The number of ether oxygens (including phenoxy) is 1. The highest BCUT2D eigenvalue weighted by Crippen LogP contribution is 2.42. The van der Waals surface area contributed by atoms with Crippen molar-refractivity contribution in [3.8, 4) is 0 Å². The van der Waals surface area contributed by atoms with E-state index in [1.54, 1.807) is 0 Å². The van der Waals surface area contributed by atoms with Crippen LogP contribution in [0.25, 0.3) is 0 Å². The summed E-state index contributed by atoms with van der Waals surface area (Å²) >= 11 is 0. The van der Waals surface area contributed by atoms with Crippen molar-refractivity contribution in [2.24, 2.45) is 5.41 Å². The average molecular weight is 256 g/mol. The number of urea groups is 1. The second-order valence-corrected chi connectivity index (χ2v) is 5.41. The summed E-state index contributed by atoms with van der Waals surface area (Å²) < 4.78 is 5.36. The zero-order valence-corrected chi connectivity index (χ0v) is 11.2. The zero-order valence-electron chi connectivity index (χ0n) is 11.2. The van der Waals surface area contributed by atoms with Gasteiger partial charge in [0.2, 0.25) is 0 Å². The minimum atomic E-state index is -0.284. The van der Waals surface area contributed by atoms with E-state index in [4.69, 9.17) is 9.57 Å². The average Bonchev–Trinajstić information content (AvgIpc) is 2.37. The first-order chi connectivity index (χ1) is 8.74. The third-order valence-electron chi connectivity index (χ3n) is 4.21. The lowest BCUT2D eigenvalue weighted by Crippen LogP contribution is -2.46. The minimum Gasteiger partial charge on any atom is -0.350 e.